The van der Waals surface area contributed by atoms with Crippen LogP contribution in [0, 0.1) is 5.95 Å². The zero-order chi connectivity index (χ0) is 11.8. The zero-order valence-electron chi connectivity index (χ0n) is 6.92. The Hall–Kier alpha value is -0.670. The molecule has 1 rings (SSSR count). The number of primary sulfonamides is 1. The predicted molar refractivity (Wildman–Crippen MR) is 48.2 cm³/mol. The van der Waals surface area contributed by atoms with Gasteiger partial charge in [0, 0.05) is 5.56 Å². The lowest BCUT2D eigenvalue weighted by Crippen LogP contribution is -2.18. The molecule has 84 valence electrons. The molecule has 0 saturated carbocycles. The maximum Gasteiger partial charge on any atom is 0.265 e. The maximum absolute atomic E-state index is 13.0. The van der Waals surface area contributed by atoms with Crippen LogP contribution in [0.5, 0.6) is 0 Å². The van der Waals surface area contributed by atoms with Crippen LogP contribution >= 0.6 is 15.9 Å². The molecule has 1 aromatic rings. The van der Waals surface area contributed by atoms with Gasteiger partial charge in [0.05, 0.1) is 0 Å². The molecule has 9 heteroatoms. The lowest BCUT2D eigenvalue weighted by molar-refractivity contribution is 0.146. The maximum atomic E-state index is 13.0. The van der Waals surface area contributed by atoms with Crippen molar-refractivity contribution in [3.05, 3.63) is 22.2 Å². The van der Waals surface area contributed by atoms with Gasteiger partial charge in [0.25, 0.3) is 6.43 Å². The third-order valence-corrected chi connectivity index (χ3v) is 2.83. The number of pyridine rings is 1. The second-order valence-corrected chi connectivity index (χ2v) is 4.81. The topological polar surface area (TPSA) is 73.1 Å². The van der Waals surface area contributed by atoms with Crippen molar-refractivity contribution in [1.82, 2.24) is 4.98 Å². The molecular weight excluding hydrogens is 301 g/mol. The fourth-order valence-electron chi connectivity index (χ4n) is 0.934. The fraction of sp³-hybridized carbons (Fsp3) is 0.167. The second kappa shape index (κ2) is 4.06. The average Bonchev–Trinajstić information content (AvgIpc) is 1.99. The standard InChI is InChI=1S/C6H4BrF3N2O2S/c7-3-1-2(5(8)9)4(6(10)12-3)15(11,13)14/h1,5H,(H2,11,13,14). The Morgan fingerprint density at radius 1 is 1.47 bits per heavy atom. The van der Waals surface area contributed by atoms with Crippen LogP contribution in [0.2, 0.25) is 0 Å². The van der Waals surface area contributed by atoms with Gasteiger partial charge < -0.3 is 0 Å². The summed E-state index contributed by atoms with van der Waals surface area (Å²) in [6, 6.07) is 0.702. The molecule has 0 bridgehead atoms. The van der Waals surface area contributed by atoms with E-state index in [1.807, 2.05) is 0 Å². The van der Waals surface area contributed by atoms with Crippen molar-refractivity contribution in [1.29, 1.82) is 0 Å². The number of halogens is 4. The van der Waals surface area contributed by atoms with Crippen molar-refractivity contribution in [3.8, 4) is 0 Å². The van der Waals surface area contributed by atoms with Gasteiger partial charge in [0.1, 0.15) is 9.50 Å². The molecule has 1 aromatic heterocycles. The molecule has 0 aliphatic carbocycles. The molecule has 0 spiro atoms. The summed E-state index contributed by atoms with van der Waals surface area (Å²) in [4.78, 5) is 1.76. The van der Waals surface area contributed by atoms with E-state index in [0.717, 1.165) is 0 Å². The summed E-state index contributed by atoms with van der Waals surface area (Å²) in [6.45, 7) is 0. The summed E-state index contributed by atoms with van der Waals surface area (Å²) in [5.41, 5.74) is -1.02. The molecule has 15 heavy (non-hydrogen) atoms. The lowest BCUT2D eigenvalue weighted by Gasteiger charge is -2.07. The van der Waals surface area contributed by atoms with E-state index < -0.39 is 32.9 Å². The minimum atomic E-state index is -4.56. The Balaban J connectivity index is 3.62. The van der Waals surface area contributed by atoms with Gasteiger partial charge in [-0.2, -0.15) is 4.39 Å². The Kier molecular flexibility index (Phi) is 3.36. The molecule has 1 heterocycles. The molecule has 0 saturated heterocycles. The Bertz CT molecular complexity index is 491. The van der Waals surface area contributed by atoms with Crippen molar-refractivity contribution >= 4 is 26.0 Å². The molecule has 0 fully saturated rings. The number of alkyl halides is 2. The minimum Gasteiger partial charge on any atom is -0.224 e. The first-order valence-electron chi connectivity index (χ1n) is 3.40. The van der Waals surface area contributed by atoms with E-state index in [1.165, 1.54) is 0 Å². The normalized spacial score (nSPS) is 12.1. The molecule has 4 nitrogen and oxygen atoms in total. The Morgan fingerprint density at radius 2 is 2.00 bits per heavy atom. The molecule has 0 aliphatic heterocycles. The van der Waals surface area contributed by atoms with E-state index in [2.05, 4.69) is 26.1 Å². The first-order chi connectivity index (χ1) is 6.73. The minimum absolute atomic E-state index is 0.234. The predicted octanol–water partition coefficient (Wildman–Crippen LogP) is 1.57. The van der Waals surface area contributed by atoms with Gasteiger partial charge in [-0.3, -0.25) is 0 Å². The Morgan fingerprint density at radius 3 is 2.40 bits per heavy atom. The number of aromatic nitrogens is 1. The highest BCUT2D eigenvalue weighted by molar-refractivity contribution is 9.10. The molecule has 0 atom stereocenters. The SMILES string of the molecule is NS(=O)(=O)c1c(C(F)F)cc(Br)nc1F. The number of hydrogen-bond donors (Lipinski definition) is 1. The summed E-state index contributed by atoms with van der Waals surface area (Å²) >= 11 is 2.66. The number of sulfonamides is 1. The summed E-state index contributed by atoms with van der Waals surface area (Å²) in [5.74, 6) is -1.55. The van der Waals surface area contributed by atoms with Crippen LogP contribution in [-0.2, 0) is 10.0 Å². The molecule has 0 unspecified atom stereocenters. The van der Waals surface area contributed by atoms with Crippen molar-refractivity contribution in [3.63, 3.8) is 0 Å². The van der Waals surface area contributed by atoms with Crippen LogP contribution in [-0.4, -0.2) is 13.4 Å². The van der Waals surface area contributed by atoms with Crippen molar-refractivity contribution in [2.75, 3.05) is 0 Å². The van der Waals surface area contributed by atoms with E-state index in [-0.39, 0.29) is 4.60 Å². The lowest BCUT2D eigenvalue weighted by atomic mass is 10.3. The second-order valence-electron chi connectivity index (χ2n) is 2.50. The average molecular weight is 305 g/mol. The summed E-state index contributed by atoms with van der Waals surface area (Å²) in [6.07, 6.45) is -3.16. The van der Waals surface area contributed by atoms with Crippen LogP contribution in [0.1, 0.15) is 12.0 Å². The van der Waals surface area contributed by atoms with Gasteiger partial charge in [0.2, 0.25) is 16.0 Å². The molecule has 0 radical (unpaired) electrons. The van der Waals surface area contributed by atoms with Crippen LogP contribution < -0.4 is 5.14 Å². The van der Waals surface area contributed by atoms with Crippen molar-refractivity contribution in [2.45, 2.75) is 11.3 Å². The van der Waals surface area contributed by atoms with Crippen LogP contribution in [0.25, 0.3) is 0 Å². The summed E-state index contributed by atoms with van der Waals surface area (Å²) in [7, 11) is -4.56. The quantitative estimate of drug-likeness (QED) is 0.843. The highest BCUT2D eigenvalue weighted by atomic mass is 79.9. The van der Waals surface area contributed by atoms with Gasteiger partial charge >= 0.3 is 0 Å². The first-order valence-corrected chi connectivity index (χ1v) is 5.74. The number of nitrogens with zero attached hydrogens (tertiary/aromatic N) is 1. The largest absolute Gasteiger partial charge is 0.265 e. The van der Waals surface area contributed by atoms with E-state index in [9.17, 15) is 21.6 Å². The third-order valence-electron chi connectivity index (χ3n) is 1.45. The smallest absolute Gasteiger partial charge is 0.224 e. The van der Waals surface area contributed by atoms with Gasteiger partial charge in [-0.15, -0.1) is 0 Å². The van der Waals surface area contributed by atoms with E-state index in [1.54, 1.807) is 0 Å². The first kappa shape index (κ1) is 12.4. The van der Waals surface area contributed by atoms with E-state index in [0.29, 0.717) is 6.07 Å². The van der Waals surface area contributed by atoms with Crippen LogP contribution in [0.3, 0.4) is 0 Å². The highest BCUT2D eigenvalue weighted by Crippen LogP contribution is 2.29. The molecule has 2 N–H and O–H groups in total. The molecule has 0 aromatic carbocycles. The van der Waals surface area contributed by atoms with Crippen molar-refractivity contribution < 1.29 is 21.6 Å². The van der Waals surface area contributed by atoms with Crippen LogP contribution in [0.15, 0.2) is 15.6 Å². The third kappa shape index (κ3) is 2.67. The summed E-state index contributed by atoms with van der Waals surface area (Å²) in [5, 5.41) is 4.59. The van der Waals surface area contributed by atoms with Gasteiger partial charge in [-0.25, -0.2) is 27.3 Å². The molecule has 0 aliphatic rings. The van der Waals surface area contributed by atoms with Gasteiger partial charge in [0.15, 0.2) is 0 Å². The molecular formula is C6H4BrF3N2O2S. The monoisotopic (exact) mass is 304 g/mol. The molecule has 0 amide bonds. The van der Waals surface area contributed by atoms with Crippen LogP contribution in [0.4, 0.5) is 13.2 Å². The van der Waals surface area contributed by atoms with E-state index >= 15 is 0 Å². The fourth-order valence-corrected chi connectivity index (χ4v) is 2.09. The Labute approximate surface area is 91.5 Å². The zero-order valence-corrected chi connectivity index (χ0v) is 9.32. The number of hydrogen-bond acceptors (Lipinski definition) is 3. The highest BCUT2D eigenvalue weighted by Gasteiger charge is 2.26. The van der Waals surface area contributed by atoms with Gasteiger partial charge in [-0.1, -0.05) is 0 Å². The number of rotatable bonds is 2. The number of nitrogens with two attached hydrogens (primary N) is 1. The van der Waals surface area contributed by atoms with Crippen molar-refractivity contribution in [2.24, 2.45) is 5.14 Å². The summed E-state index contributed by atoms with van der Waals surface area (Å²) < 4.78 is 59.2. The van der Waals surface area contributed by atoms with Gasteiger partial charge in [-0.05, 0) is 22.0 Å². The van der Waals surface area contributed by atoms with E-state index in [4.69, 9.17) is 0 Å².